The minimum Gasteiger partial charge on any atom is -0.494 e. The number of imide groups is 1. The Balaban J connectivity index is 1.50. The highest BCUT2D eigenvalue weighted by atomic mass is 79.9. The zero-order valence-electron chi connectivity index (χ0n) is 18.6. The first kappa shape index (κ1) is 22.3. The fraction of sp³-hybridized carbons (Fsp3) is 0.222. The predicted octanol–water partition coefficient (Wildman–Crippen LogP) is 5.38. The first-order chi connectivity index (χ1) is 16.5. The average molecular weight is 519 g/mol. The van der Waals surface area contributed by atoms with Crippen LogP contribution in [0.5, 0.6) is 5.75 Å². The molecule has 0 unspecified atom stereocenters. The van der Waals surface area contributed by atoms with E-state index in [-0.39, 0.29) is 5.91 Å². The van der Waals surface area contributed by atoms with E-state index in [1.807, 2.05) is 48.5 Å². The lowest BCUT2D eigenvalue weighted by molar-refractivity contribution is -0.130. The van der Waals surface area contributed by atoms with Crippen LogP contribution in [-0.4, -0.2) is 35.3 Å². The van der Waals surface area contributed by atoms with Crippen molar-refractivity contribution < 1.29 is 19.1 Å². The molecule has 2 aliphatic rings. The van der Waals surface area contributed by atoms with E-state index >= 15 is 0 Å². The predicted molar refractivity (Wildman–Crippen MR) is 132 cm³/mol. The van der Waals surface area contributed by atoms with Crippen LogP contribution in [0.15, 0.2) is 77.3 Å². The second-order valence-corrected chi connectivity index (χ2v) is 9.29. The van der Waals surface area contributed by atoms with E-state index in [0.29, 0.717) is 23.4 Å². The largest absolute Gasteiger partial charge is 0.494 e. The zero-order valence-corrected chi connectivity index (χ0v) is 20.2. The zero-order chi connectivity index (χ0) is 23.8. The Morgan fingerprint density at radius 3 is 2.00 bits per heavy atom. The second kappa shape index (κ2) is 9.06. The molecule has 3 aromatic rings. The van der Waals surface area contributed by atoms with Crippen molar-refractivity contribution in [1.29, 1.82) is 0 Å². The third-order valence-electron chi connectivity index (χ3n) is 6.26. The van der Waals surface area contributed by atoms with Crippen molar-refractivity contribution in [3.63, 3.8) is 0 Å². The number of carbonyl (C=O) groups is 3. The Labute approximate surface area is 206 Å². The number of unbranched alkanes of at least 4 members (excludes halogenated alkanes) is 1. The maximum Gasteiger partial charge on any atom is 0.262 e. The molecule has 1 fully saturated rings. The van der Waals surface area contributed by atoms with E-state index in [1.54, 1.807) is 29.2 Å². The van der Waals surface area contributed by atoms with E-state index in [0.717, 1.165) is 33.5 Å². The minimum atomic E-state index is -0.914. The summed E-state index contributed by atoms with van der Waals surface area (Å²) in [6, 6.07) is 20.2. The number of hydrogen-bond donors (Lipinski definition) is 0. The third kappa shape index (κ3) is 3.70. The monoisotopic (exact) mass is 518 g/mol. The van der Waals surface area contributed by atoms with Crippen molar-refractivity contribution in [2.24, 2.45) is 0 Å². The summed E-state index contributed by atoms with van der Waals surface area (Å²) < 4.78 is 6.67. The Kier molecular flexibility index (Phi) is 5.96. The Morgan fingerprint density at radius 1 is 0.794 bits per heavy atom. The average Bonchev–Trinajstić information content (AvgIpc) is 3.10. The summed E-state index contributed by atoms with van der Waals surface area (Å²) in [6.07, 6.45) is 2.02. The maximum atomic E-state index is 13.4. The first-order valence-corrected chi connectivity index (χ1v) is 12.1. The Hall–Kier alpha value is -3.45. The van der Waals surface area contributed by atoms with Crippen LogP contribution in [0.25, 0.3) is 0 Å². The molecule has 0 N–H and O–H groups in total. The van der Waals surface area contributed by atoms with Gasteiger partial charge in [0.25, 0.3) is 17.7 Å². The molecule has 0 radical (unpaired) electrons. The summed E-state index contributed by atoms with van der Waals surface area (Å²) in [6.45, 7) is 2.75. The summed E-state index contributed by atoms with van der Waals surface area (Å²) in [5.74, 6) is -0.404. The molecule has 34 heavy (non-hydrogen) atoms. The molecular weight excluding hydrogens is 496 g/mol. The smallest absolute Gasteiger partial charge is 0.262 e. The Bertz CT molecular complexity index is 1220. The van der Waals surface area contributed by atoms with Crippen molar-refractivity contribution in [1.82, 2.24) is 4.90 Å². The topological polar surface area (TPSA) is 66.9 Å². The molecule has 2 heterocycles. The molecule has 6 nitrogen and oxygen atoms in total. The van der Waals surface area contributed by atoms with Gasteiger partial charge in [0.2, 0.25) is 0 Å². The molecule has 172 valence electrons. The standard InChI is InChI=1S/C27H23BrN2O4/c1-2-3-16-34-20-14-8-17(9-15-20)23-24(27(33)29(23)19-12-10-18(28)11-13-19)30-25(31)21-6-4-5-7-22(21)26(30)32/h4-15,23-24H,2-3,16H2,1H3/t23-,24+/m0/s1. The third-order valence-corrected chi connectivity index (χ3v) is 6.79. The van der Waals surface area contributed by atoms with Crippen molar-refractivity contribution in [3.8, 4) is 5.75 Å². The van der Waals surface area contributed by atoms with Gasteiger partial charge in [0, 0.05) is 10.2 Å². The number of amides is 3. The molecule has 3 amide bonds. The van der Waals surface area contributed by atoms with Crippen LogP contribution in [0, 0.1) is 0 Å². The summed E-state index contributed by atoms with van der Waals surface area (Å²) in [5.41, 5.74) is 2.20. The van der Waals surface area contributed by atoms with Gasteiger partial charge in [0.05, 0.1) is 23.8 Å². The van der Waals surface area contributed by atoms with E-state index in [9.17, 15) is 14.4 Å². The van der Waals surface area contributed by atoms with Crippen molar-refractivity contribution in [2.75, 3.05) is 11.5 Å². The van der Waals surface area contributed by atoms with Gasteiger partial charge >= 0.3 is 0 Å². The van der Waals surface area contributed by atoms with Gasteiger partial charge in [-0.05, 0) is 60.5 Å². The normalized spacial score (nSPS) is 19.3. The van der Waals surface area contributed by atoms with Crippen LogP contribution in [-0.2, 0) is 4.79 Å². The van der Waals surface area contributed by atoms with Gasteiger partial charge in [0.15, 0.2) is 0 Å². The van der Waals surface area contributed by atoms with Crippen LogP contribution in [0.3, 0.4) is 0 Å². The van der Waals surface area contributed by atoms with Gasteiger partial charge in [0.1, 0.15) is 11.8 Å². The van der Waals surface area contributed by atoms with E-state index in [2.05, 4.69) is 22.9 Å². The van der Waals surface area contributed by atoms with Crippen LogP contribution in [0.2, 0.25) is 0 Å². The summed E-state index contributed by atoms with van der Waals surface area (Å²) in [7, 11) is 0. The van der Waals surface area contributed by atoms with Crippen molar-refractivity contribution >= 4 is 39.3 Å². The molecule has 0 saturated carbocycles. The van der Waals surface area contributed by atoms with Gasteiger partial charge in [-0.3, -0.25) is 19.3 Å². The number of nitrogens with zero attached hydrogens (tertiary/aromatic N) is 2. The molecule has 5 rings (SSSR count). The van der Waals surface area contributed by atoms with Gasteiger partial charge in [-0.1, -0.05) is 53.5 Å². The highest BCUT2D eigenvalue weighted by Crippen LogP contribution is 2.44. The van der Waals surface area contributed by atoms with Gasteiger partial charge in [-0.2, -0.15) is 0 Å². The Morgan fingerprint density at radius 2 is 1.41 bits per heavy atom. The molecule has 2 atom stereocenters. The number of β-lactam (4-membered cyclic amide) rings is 1. The lowest BCUT2D eigenvalue weighted by Crippen LogP contribution is -2.67. The van der Waals surface area contributed by atoms with Crippen LogP contribution >= 0.6 is 15.9 Å². The summed E-state index contributed by atoms with van der Waals surface area (Å²) >= 11 is 3.43. The number of rotatable bonds is 7. The lowest BCUT2D eigenvalue weighted by atomic mass is 9.86. The molecule has 0 aromatic heterocycles. The van der Waals surface area contributed by atoms with E-state index in [1.165, 1.54) is 0 Å². The summed E-state index contributed by atoms with van der Waals surface area (Å²) in [5, 5.41) is 0. The molecule has 0 bridgehead atoms. The fourth-order valence-electron chi connectivity index (χ4n) is 4.50. The van der Waals surface area contributed by atoms with E-state index < -0.39 is 23.9 Å². The van der Waals surface area contributed by atoms with Gasteiger partial charge in [-0.15, -0.1) is 0 Å². The molecule has 2 aliphatic heterocycles. The molecule has 0 aliphatic carbocycles. The molecule has 3 aromatic carbocycles. The SMILES string of the molecule is CCCCOc1ccc([C@H]2[C@@H](N3C(=O)c4ccccc4C3=O)C(=O)N2c2ccc(Br)cc2)cc1. The molecule has 7 heteroatoms. The fourth-order valence-corrected chi connectivity index (χ4v) is 4.77. The quantitative estimate of drug-likeness (QED) is 0.239. The van der Waals surface area contributed by atoms with Crippen LogP contribution in [0.1, 0.15) is 52.1 Å². The molecule has 0 spiro atoms. The number of benzene rings is 3. The number of carbonyl (C=O) groups excluding carboxylic acids is 3. The van der Waals surface area contributed by atoms with E-state index in [4.69, 9.17) is 4.74 Å². The van der Waals surface area contributed by atoms with Crippen LogP contribution < -0.4 is 9.64 Å². The molecule has 1 saturated heterocycles. The van der Waals surface area contributed by atoms with Crippen LogP contribution in [0.4, 0.5) is 5.69 Å². The highest BCUT2D eigenvalue weighted by Gasteiger charge is 2.57. The van der Waals surface area contributed by atoms with Crippen molar-refractivity contribution in [2.45, 2.75) is 31.8 Å². The number of fused-ring (bicyclic) bond motifs is 1. The molecular formula is C27H23BrN2O4. The minimum absolute atomic E-state index is 0.287. The highest BCUT2D eigenvalue weighted by molar-refractivity contribution is 9.10. The number of hydrogen-bond acceptors (Lipinski definition) is 4. The van der Waals surface area contributed by atoms with Gasteiger partial charge in [-0.25, -0.2) is 0 Å². The number of ether oxygens (including phenoxy) is 1. The maximum absolute atomic E-state index is 13.4. The van der Waals surface area contributed by atoms with Crippen molar-refractivity contribution in [3.05, 3.63) is 94.0 Å². The lowest BCUT2D eigenvalue weighted by Gasteiger charge is -2.49. The first-order valence-electron chi connectivity index (χ1n) is 11.3. The second-order valence-electron chi connectivity index (χ2n) is 8.37. The number of halogens is 1. The summed E-state index contributed by atoms with van der Waals surface area (Å²) in [4.78, 5) is 42.5. The van der Waals surface area contributed by atoms with Gasteiger partial charge < -0.3 is 9.64 Å². The number of anilines is 1.